The van der Waals surface area contributed by atoms with Gasteiger partial charge < -0.3 is 4.90 Å². The van der Waals surface area contributed by atoms with Gasteiger partial charge in [0.2, 0.25) is 0 Å². The number of hydrogen-bond donors (Lipinski definition) is 0. The summed E-state index contributed by atoms with van der Waals surface area (Å²) in [5.74, 6) is 0. The molecule has 1 heteroatoms. The summed E-state index contributed by atoms with van der Waals surface area (Å²) >= 11 is 0. The van der Waals surface area contributed by atoms with Crippen molar-refractivity contribution in [3.05, 3.63) is 150 Å². The standard InChI is InChI=1S/C41H31N/c1-26-9-14-35(15-10-26)42(37-18-27(2)17-28(3)19-37)36-16-13-32-23-39-40-24-33-20-30(29-7-5-4-6-8-29)11-12-31(33)22-38(40)41(39)25-34(32)21-36/h4-25H,1-3H3. The van der Waals surface area contributed by atoms with Crippen molar-refractivity contribution >= 4 is 38.6 Å². The minimum atomic E-state index is 1.17. The Morgan fingerprint density at radius 1 is 0.333 bits per heavy atom. The zero-order valence-electron chi connectivity index (χ0n) is 24.1. The molecule has 7 aromatic rings. The summed E-state index contributed by atoms with van der Waals surface area (Å²) < 4.78 is 0. The van der Waals surface area contributed by atoms with Gasteiger partial charge in [0.05, 0.1) is 0 Å². The maximum absolute atomic E-state index is 2.38. The zero-order valence-corrected chi connectivity index (χ0v) is 24.1. The van der Waals surface area contributed by atoms with E-state index in [4.69, 9.17) is 0 Å². The van der Waals surface area contributed by atoms with E-state index in [1.807, 2.05) is 0 Å². The van der Waals surface area contributed by atoms with E-state index in [9.17, 15) is 0 Å². The van der Waals surface area contributed by atoms with Gasteiger partial charge in [0.15, 0.2) is 0 Å². The number of nitrogens with zero attached hydrogens (tertiary/aromatic N) is 1. The lowest BCUT2D eigenvalue weighted by Crippen LogP contribution is -2.10. The Hall–Kier alpha value is -5.14. The second kappa shape index (κ2) is 9.46. The van der Waals surface area contributed by atoms with Crippen LogP contribution in [0.1, 0.15) is 16.7 Å². The lowest BCUT2D eigenvalue weighted by atomic mass is 9.77. The third-order valence-corrected chi connectivity index (χ3v) is 8.64. The van der Waals surface area contributed by atoms with Crippen LogP contribution in [0.2, 0.25) is 0 Å². The summed E-state index contributed by atoms with van der Waals surface area (Å²) in [6.07, 6.45) is 0. The SMILES string of the molecule is Cc1ccc(N(c2cc(C)cc(C)c2)c2ccc3cc4c(cc3c2)-c2cc3ccc(-c5ccccc5)cc3cc2-4)cc1. The van der Waals surface area contributed by atoms with Crippen LogP contribution in [-0.4, -0.2) is 0 Å². The normalized spacial score (nSPS) is 11.7. The maximum atomic E-state index is 2.38. The minimum Gasteiger partial charge on any atom is -0.310 e. The van der Waals surface area contributed by atoms with Crippen molar-refractivity contribution in [3.8, 4) is 33.4 Å². The smallest absolute Gasteiger partial charge is 0.0468 e. The molecule has 1 aliphatic rings. The first-order valence-electron chi connectivity index (χ1n) is 14.7. The topological polar surface area (TPSA) is 3.24 Å². The van der Waals surface area contributed by atoms with Crippen LogP contribution in [0.25, 0.3) is 54.9 Å². The first-order valence-corrected chi connectivity index (χ1v) is 14.7. The van der Waals surface area contributed by atoms with E-state index < -0.39 is 0 Å². The van der Waals surface area contributed by atoms with E-state index in [2.05, 4.69) is 159 Å². The molecule has 0 bridgehead atoms. The molecule has 0 radical (unpaired) electrons. The predicted octanol–water partition coefficient (Wildman–Crippen LogP) is 11.7. The van der Waals surface area contributed by atoms with Gasteiger partial charge in [0, 0.05) is 17.1 Å². The first-order chi connectivity index (χ1) is 20.5. The lowest BCUT2D eigenvalue weighted by molar-refractivity contribution is 1.25. The molecule has 0 atom stereocenters. The summed E-state index contributed by atoms with van der Waals surface area (Å²) in [7, 11) is 0. The number of rotatable bonds is 4. The fourth-order valence-corrected chi connectivity index (χ4v) is 6.58. The van der Waals surface area contributed by atoms with Crippen LogP contribution < -0.4 is 4.90 Å². The molecule has 0 N–H and O–H groups in total. The summed E-state index contributed by atoms with van der Waals surface area (Å²) in [6, 6.07) is 49.5. The largest absolute Gasteiger partial charge is 0.310 e. The highest BCUT2D eigenvalue weighted by atomic mass is 15.1. The molecule has 7 aromatic carbocycles. The molecule has 0 spiro atoms. The Morgan fingerprint density at radius 3 is 1.52 bits per heavy atom. The monoisotopic (exact) mass is 537 g/mol. The van der Waals surface area contributed by atoms with Gasteiger partial charge in [-0.1, -0.05) is 72.3 Å². The van der Waals surface area contributed by atoms with E-state index in [1.165, 1.54) is 88.7 Å². The summed E-state index contributed by atoms with van der Waals surface area (Å²) in [6.45, 7) is 6.49. The molecule has 0 aromatic heterocycles. The molecule has 0 unspecified atom stereocenters. The summed E-state index contributed by atoms with van der Waals surface area (Å²) in [5, 5.41) is 5.11. The molecule has 42 heavy (non-hydrogen) atoms. The third kappa shape index (κ3) is 4.09. The fourth-order valence-electron chi connectivity index (χ4n) is 6.58. The van der Waals surface area contributed by atoms with Crippen LogP contribution in [0.4, 0.5) is 17.1 Å². The van der Waals surface area contributed by atoms with Crippen molar-refractivity contribution in [1.82, 2.24) is 0 Å². The number of hydrogen-bond acceptors (Lipinski definition) is 1. The third-order valence-electron chi connectivity index (χ3n) is 8.64. The van der Waals surface area contributed by atoms with Crippen molar-refractivity contribution in [2.45, 2.75) is 20.8 Å². The Labute approximate surface area is 247 Å². The second-order valence-corrected chi connectivity index (χ2v) is 11.8. The van der Waals surface area contributed by atoms with Crippen molar-refractivity contribution < 1.29 is 0 Å². The van der Waals surface area contributed by atoms with Crippen LogP contribution >= 0.6 is 0 Å². The van der Waals surface area contributed by atoms with Crippen molar-refractivity contribution in [3.63, 3.8) is 0 Å². The van der Waals surface area contributed by atoms with Gasteiger partial charge in [-0.15, -0.1) is 0 Å². The molecule has 1 aliphatic carbocycles. The molecule has 0 saturated carbocycles. The van der Waals surface area contributed by atoms with Crippen LogP contribution in [0.15, 0.2) is 133 Å². The fraction of sp³-hybridized carbons (Fsp3) is 0.0732. The maximum Gasteiger partial charge on any atom is 0.0468 e. The van der Waals surface area contributed by atoms with E-state index in [-0.39, 0.29) is 0 Å². The number of fused-ring (bicyclic) bond motifs is 6. The first kappa shape index (κ1) is 24.6. The Balaban J connectivity index is 1.22. The van der Waals surface area contributed by atoms with Crippen molar-refractivity contribution in [2.75, 3.05) is 4.90 Å². The molecule has 0 amide bonds. The molecular formula is C41H31N. The van der Waals surface area contributed by atoms with E-state index in [0.717, 1.165) is 0 Å². The van der Waals surface area contributed by atoms with Crippen LogP contribution in [0, 0.1) is 20.8 Å². The van der Waals surface area contributed by atoms with Crippen molar-refractivity contribution in [2.24, 2.45) is 0 Å². The Kier molecular flexibility index (Phi) is 5.55. The number of anilines is 3. The molecule has 200 valence electrons. The minimum absolute atomic E-state index is 1.17. The van der Waals surface area contributed by atoms with Crippen LogP contribution in [0.3, 0.4) is 0 Å². The Bertz CT molecular complexity index is 2130. The predicted molar refractivity (Wildman–Crippen MR) is 180 cm³/mol. The molecule has 0 fully saturated rings. The highest BCUT2D eigenvalue weighted by Crippen LogP contribution is 2.51. The average molecular weight is 538 g/mol. The van der Waals surface area contributed by atoms with Gasteiger partial charge >= 0.3 is 0 Å². The van der Waals surface area contributed by atoms with Crippen LogP contribution in [0.5, 0.6) is 0 Å². The average Bonchev–Trinajstić information content (AvgIpc) is 3.00. The zero-order chi connectivity index (χ0) is 28.4. The molecular weight excluding hydrogens is 506 g/mol. The van der Waals surface area contributed by atoms with Gasteiger partial charge in [-0.2, -0.15) is 0 Å². The second-order valence-electron chi connectivity index (χ2n) is 11.8. The highest BCUT2D eigenvalue weighted by molar-refractivity contribution is 6.12. The van der Waals surface area contributed by atoms with Crippen molar-refractivity contribution in [1.29, 1.82) is 0 Å². The van der Waals surface area contributed by atoms with Gasteiger partial charge in [0.1, 0.15) is 0 Å². The quantitative estimate of drug-likeness (QED) is 0.216. The summed E-state index contributed by atoms with van der Waals surface area (Å²) in [4.78, 5) is 2.38. The molecule has 1 nitrogen and oxygen atoms in total. The van der Waals surface area contributed by atoms with Gasteiger partial charge in [-0.3, -0.25) is 0 Å². The van der Waals surface area contributed by atoms with Crippen LogP contribution in [-0.2, 0) is 0 Å². The van der Waals surface area contributed by atoms with E-state index in [1.54, 1.807) is 0 Å². The van der Waals surface area contributed by atoms with Gasteiger partial charge in [-0.05, 0) is 154 Å². The molecule has 0 saturated heterocycles. The Morgan fingerprint density at radius 2 is 0.881 bits per heavy atom. The summed E-state index contributed by atoms with van der Waals surface area (Å²) in [5.41, 5.74) is 15.2. The van der Waals surface area contributed by atoms with Gasteiger partial charge in [0.25, 0.3) is 0 Å². The molecule has 0 aliphatic heterocycles. The number of benzene rings is 7. The van der Waals surface area contributed by atoms with Gasteiger partial charge in [-0.25, -0.2) is 0 Å². The molecule has 0 heterocycles. The molecule has 8 rings (SSSR count). The van der Waals surface area contributed by atoms with E-state index in [0.29, 0.717) is 0 Å². The highest BCUT2D eigenvalue weighted by Gasteiger charge is 2.24. The van der Waals surface area contributed by atoms with E-state index >= 15 is 0 Å². The number of aryl methyl sites for hydroxylation is 3. The lowest BCUT2D eigenvalue weighted by Gasteiger charge is -2.28.